The first-order chi connectivity index (χ1) is 20.6. The van der Waals surface area contributed by atoms with Crippen LogP contribution in [-0.4, -0.2) is 50.0 Å². The van der Waals surface area contributed by atoms with Gasteiger partial charge in [0, 0.05) is 12.6 Å². The lowest BCUT2D eigenvalue weighted by Crippen LogP contribution is -2.53. The third kappa shape index (κ3) is 6.50. The molecule has 5 aliphatic rings. The van der Waals surface area contributed by atoms with Crippen molar-refractivity contribution in [2.75, 3.05) is 17.1 Å². The van der Waals surface area contributed by atoms with Gasteiger partial charge in [0.25, 0.3) is 0 Å². The number of nitrogens with zero attached hydrogens (tertiary/aromatic N) is 2. The molecule has 2 aromatic rings. The third-order valence-corrected chi connectivity index (χ3v) is 11.9. The molecule has 5 fully saturated rings. The summed E-state index contributed by atoms with van der Waals surface area (Å²) in [6, 6.07) is 17.0. The number of rotatable bonds is 11. The predicted octanol–water partition coefficient (Wildman–Crippen LogP) is 5.79. The Hall–Kier alpha value is -2.87. The minimum atomic E-state index is -3.76. The van der Waals surface area contributed by atoms with Gasteiger partial charge in [0.15, 0.2) is 0 Å². The third-order valence-electron chi connectivity index (χ3n) is 10.8. The molecule has 2 amide bonds. The minimum Gasteiger partial charge on any atom is -0.352 e. The summed E-state index contributed by atoms with van der Waals surface area (Å²) in [4.78, 5) is 29.1. The molecule has 0 heterocycles. The fourth-order valence-corrected chi connectivity index (χ4v) is 9.98. The van der Waals surface area contributed by atoms with Crippen LogP contribution in [0.1, 0.15) is 88.7 Å². The van der Waals surface area contributed by atoms with Gasteiger partial charge in [-0.1, -0.05) is 62.2 Å². The van der Waals surface area contributed by atoms with E-state index in [1.54, 1.807) is 4.90 Å². The van der Waals surface area contributed by atoms with Crippen LogP contribution in [0, 0.1) is 17.8 Å². The van der Waals surface area contributed by atoms with Crippen LogP contribution in [0.3, 0.4) is 0 Å². The number of amides is 2. The molecule has 7 nitrogen and oxygen atoms in total. The number of nitrogens with one attached hydrogen (secondary N) is 1. The molecule has 8 heteroatoms. The van der Waals surface area contributed by atoms with E-state index >= 15 is 0 Å². The number of anilines is 1. The quantitative estimate of drug-likeness (QED) is 0.352. The van der Waals surface area contributed by atoms with Crippen molar-refractivity contribution < 1.29 is 18.0 Å². The molecule has 1 N–H and O–H groups in total. The topological polar surface area (TPSA) is 86.8 Å². The summed E-state index contributed by atoms with van der Waals surface area (Å²) >= 11 is 0. The van der Waals surface area contributed by atoms with Gasteiger partial charge in [-0.2, -0.15) is 0 Å². The molecule has 0 radical (unpaired) electrons. The first-order valence-corrected chi connectivity index (χ1v) is 18.2. The largest absolute Gasteiger partial charge is 0.352 e. The smallest absolute Gasteiger partial charge is 0.244 e. The lowest BCUT2D eigenvalue weighted by atomic mass is 9.48. The van der Waals surface area contributed by atoms with Crippen molar-refractivity contribution >= 4 is 27.5 Å². The highest BCUT2D eigenvalue weighted by atomic mass is 32.2. The summed E-state index contributed by atoms with van der Waals surface area (Å²) in [5, 5.41) is 3.16. The van der Waals surface area contributed by atoms with Gasteiger partial charge in [-0.15, -0.1) is 0 Å². The van der Waals surface area contributed by atoms with Crippen LogP contribution in [0.5, 0.6) is 0 Å². The standard InChI is InChI=1S/C35H47N3O4S/c1-3-32(34(40)36-30-11-7-8-12-30)37(23-25-9-5-4-6-10-25)33(39)24-38(43(2,41)42)31-15-13-29(14-16-31)35-20-26-17-27(21-35)19-28(18-26)22-35/h4-6,9-10,13-16,26-28,30,32H,3,7-8,11-12,17-24H2,1-2H3,(H,36,40)/t26?,27?,28?,32-,35?/m0/s1. The summed E-state index contributed by atoms with van der Waals surface area (Å²) in [5.41, 5.74) is 2.92. The lowest BCUT2D eigenvalue weighted by molar-refractivity contribution is -0.140. The van der Waals surface area contributed by atoms with Gasteiger partial charge in [-0.3, -0.25) is 13.9 Å². The lowest BCUT2D eigenvalue weighted by Gasteiger charge is -2.57. The van der Waals surface area contributed by atoms with Gasteiger partial charge in [0.2, 0.25) is 21.8 Å². The van der Waals surface area contributed by atoms with Crippen molar-refractivity contribution in [2.24, 2.45) is 17.8 Å². The zero-order valence-electron chi connectivity index (χ0n) is 25.7. The van der Waals surface area contributed by atoms with Crippen LogP contribution in [0.2, 0.25) is 0 Å². The van der Waals surface area contributed by atoms with Crippen molar-refractivity contribution in [3.8, 4) is 0 Å². The van der Waals surface area contributed by atoms with Gasteiger partial charge in [0.1, 0.15) is 12.6 Å². The van der Waals surface area contributed by atoms with E-state index in [1.807, 2.05) is 49.4 Å². The van der Waals surface area contributed by atoms with Crippen molar-refractivity contribution in [2.45, 2.75) is 102 Å². The van der Waals surface area contributed by atoms with Crippen molar-refractivity contribution in [3.63, 3.8) is 0 Å². The number of sulfonamides is 1. The van der Waals surface area contributed by atoms with Crippen LogP contribution < -0.4 is 9.62 Å². The van der Waals surface area contributed by atoms with E-state index in [0.29, 0.717) is 12.1 Å². The molecule has 0 unspecified atom stereocenters. The molecular formula is C35H47N3O4S. The van der Waals surface area contributed by atoms with E-state index in [1.165, 1.54) is 48.4 Å². The highest BCUT2D eigenvalue weighted by molar-refractivity contribution is 7.92. The number of hydrogen-bond acceptors (Lipinski definition) is 4. The average Bonchev–Trinajstić information content (AvgIpc) is 3.48. The van der Waals surface area contributed by atoms with Crippen LogP contribution in [-0.2, 0) is 31.6 Å². The van der Waals surface area contributed by atoms with E-state index in [4.69, 9.17) is 0 Å². The Morgan fingerprint density at radius 1 is 0.907 bits per heavy atom. The van der Waals surface area contributed by atoms with Crippen molar-refractivity contribution in [1.82, 2.24) is 10.2 Å². The molecule has 5 aliphatic carbocycles. The van der Waals surface area contributed by atoms with E-state index < -0.39 is 16.1 Å². The molecule has 0 aliphatic heterocycles. The normalized spacial score (nSPS) is 27.2. The number of hydrogen-bond donors (Lipinski definition) is 1. The Balaban J connectivity index is 1.24. The van der Waals surface area contributed by atoms with Gasteiger partial charge < -0.3 is 10.2 Å². The maximum absolute atomic E-state index is 14.1. The highest BCUT2D eigenvalue weighted by Gasteiger charge is 2.51. The first kappa shape index (κ1) is 30.2. The fourth-order valence-electron chi connectivity index (χ4n) is 9.13. The Labute approximate surface area is 257 Å². The maximum atomic E-state index is 14.1. The van der Waals surface area contributed by atoms with Crippen LogP contribution >= 0.6 is 0 Å². The van der Waals surface area contributed by atoms with Gasteiger partial charge in [-0.25, -0.2) is 8.42 Å². The highest BCUT2D eigenvalue weighted by Crippen LogP contribution is 2.60. The molecule has 4 bridgehead atoms. The van der Waals surface area contributed by atoms with Crippen LogP contribution in [0.25, 0.3) is 0 Å². The van der Waals surface area contributed by atoms with Crippen molar-refractivity contribution in [1.29, 1.82) is 0 Å². The molecule has 1 atom stereocenters. The number of benzene rings is 2. The SMILES string of the molecule is CC[C@@H](C(=O)NC1CCCC1)N(Cc1ccccc1)C(=O)CN(c1ccc(C23CC4CC(CC(C4)C2)C3)cc1)S(C)(=O)=O. The predicted molar refractivity (Wildman–Crippen MR) is 170 cm³/mol. The molecule has 0 saturated heterocycles. The maximum Gasteiger partial charge on any atom is 0.244 e. The van der Waals surface area contributed by atoms with Gasteiger partial charge in [-0.05, 0) is 104 Å². The summed E-state index contributed by atoms with van der Waals surface area (Å²) < 4.78 is 27.5. The fraction of sp³-hybridized carbons (Fsp3) is 0.600. The van der Waals surface area contributed by atoms with E-state index in [-0.39, 0.29) is 36.4 Å². The molecule has 0 spiro atoms. The average molecular weight is 606 g/mol. The number of carbonyl (C=O) groups is 2. The minimum absolute atomic E-state index is 0.134. The second kappa shape index (κ2) is 12.3. The second-order valence-corrected chi connectivity index (χ2v) is 15.8. The van der Waals surface area contributed by atoms with E-state index in [0.717, 1.165) is 55.3 Å². The molecule has 43 heavy (non-hydrogen) atoms. The summed E-state index contributed by atoms with van der Waals surface area (Å²) in [5.74, 6) is 1.93. The zero-order valence-corrected chi connectivity index (χ0v) is 26.5. The monoisotopic (exact) mass is 605 g/mol. The Kier molecular flexibility index (Phi) is 8.60. The van der Waals surface area contributed by atoms with Gasteiger partial charge in [0.05, 0.1) is 11.9 Å². The zero-order chi connectivity index (χ0) is 30.2. The molecule has 0 aromatic heterocycles. The summed E-state index contributed by atoms with van der Waals surface area (Å²) in [6.45, 7) is 1.79. The number of carbonyl (C=O) groups excluding carboxylic acids is 2. The van der Waals surface area contributed by atoms with Crippen LogP contribution in [0.15, 0.2) is 54.6 Å². The Morgan fingerprint density at radius 3 is 2.02 bits per heavy atom. The molecular weight excluding hydrogens is 558 g/mol. The van der Waals surface area contributed by atoms with Crippen molar-refractivity contribution in [3.05, 3.63) is 65.7 Å². The van der Waals surface area contributed by atoms with Crippen LogP contribution in [0.4, 0.5) is 5.69 Å². The molecule has 5 saturated carbocycles. The Bertz CT molecular complexity index is 1370. The first-order valence-electron chi connectivity index (χ1n) is 16.4. The molecule has 232 valence electrons. The molecule has 7 rings (SSSR count). The van der Waals surface area contributed by atoms with Gasteiger partial charge >= 0.3 is 0 Å². The summed E-state index contributed by atoms with van der Waals surface area (Å²) in [6.07, 6.45) is 13.5. The van der Waals surface area contributed by atoms with E-state index in [2.05, 4.69) is 17.4 Å². The summed E-state index contributed by atoms with van der Waals surface area (Å²) in [7, 11) is -3.76. The van der Waals surface area contributed by atoms with E-state index in [9.17, 15) is 18.0 Å². The Morgan fingerprint density at radius 2 is 1.49 bits per heavy atom. The second-order valence-electron chi connectivity index (χ2n) is 13.9. The molecule has 2 aromatic carbocycles.